The lowest BCUT2D eigenvalue weighted by Crippen LogP contribution is -2.29. The van der Waals surface area contributed by atoms with Crippen LogP contribution >= 0.6 is 11.3 Å². The summed E-state index contributed by atoms with van der Waals surface area (Å²) in [6, 6.07) is 0.564. The van der Waals surface area contributed by atoms with Crippen molar-refractivity contribution < 1.29 is 0 Å². The van der Waals surface area contributed by atoms with Gasteiger partial charge in [-0.3, -0.25) is 4.90 Å². The molecule has 1 aromatic heterocycles. The summed E-state index contributed by atoms with van der Waals surface area (Å²) >= 11 is 1.81. The highest BCUT2D eigenvalue weighted by Crippen LogP contribution is 2.31. The molecule has 4 heteroatoms. The van der Waals surface area contributed by atoms with Gasteiger partial charge in [-0.2, -0.15) is 0 Å². The standard InChI is InChI=1S/C11H19N3S/c1-12-7-9-8-15-11(13-9)10-5-3-4-6-14(10)2/h8,10,12H,3-7H2,1-2H3. The van der Waals surface area contributed by atoms with Crippen LogP contribution in [0.1, 0.15) is 36.0 Å². The molecule has 0 saturated carbocycles. The number of thiazole rings is 1. The fraction of sp³-hybridized carbons (Fsp3) is 0.727. The Balaban J connectivity index is 2.06. The zero-order chi connectivity index (χ0) is 10.7. The van der Waals surface area contributed by atoms with Crippen molar-refractivity contribution in [3.63, 3.8) is 0 Å². The van der Waals surface area contributed by atoms with Crippen LogP contribution in [0.15, 0.2) is 5.38 Å². The van der Waals surface area contributed by atoms with E-state index in [9.17, 15) is 0 Å². The van der Waals surface area contributed by atoms with E-state index in [0.717, 1.165) is 6.54 Å². The Morgan fingerprint density at radius 2 is 2.47 bits per heavy atom. The first-order valence-corrected chi connectivity index (χ1v) is 6.48. The van der Waals surface area contributed by atoms with Gasteiger partial charge in [0.1, 0.15) is 5.01 Å². The highest BCUT2D eigenvalue weighted by atomic mass is 32.1. The Morgan fingerprint density at radius 3 is 3.20 bits per heavy atom. The van der Waals surface area contributed by atoms with Crippen molar-refractivity contribution in [1.82, 2.24) is 15.2 Å². The average Bonchev–Trinajstić information content (AvgIpc) is 2.68. The van der Waals surface area contributed by atoms with Gasteiger partial charge in [-0.05, 0) is 33.5 Å². The predicted molar refractivity (Wildman–Crippen MR) is 64.1 cm³/mol. The van der Waals surface area contributed by atoms with Gasteiger partial charge in [0.15, 0.2) is 0 Å². The summed E-state index contributed by atoms with van der Waals surface area (Å²) in [6.45, 7) is 2.10. The van der Waals surface area contributed by atoms with Gasteiger partial charge in [0.05, 0.1) is 11.7 Å². The Morgan fingerprint density at radius 1 is 1.60 bits per heavy atom. The molecule has 1 aliphatic rings. The lowest BCUT2D eigenvalue weighted by Gasteiger charge is -2.30. The van der Waals surface area contributed by atoms with Gasteiger partial charge in [0.25, 0.3) is 0 Å². The van der Waals surface area contributed by atoms with Crippen LogP contribution in [0.2, 0.25) is 0 Å². The first-order chi connectivity index (χ1) is 7.31. The lowest BCUT2D eigenvalue weighted by molar-refractivity contribution is 0.187. The van der Waals surface area contributed by atoms with Crippen molar-refractivity contribution in [3.8, 4) is 0 Å². The second-order valence-corrected chi connectivity index (χ2v) is 5.09. The van der Waals surface area contributed by atoms with Crippen LogP contribution in [0.25, 0.3) is 0 Å². The van der Waals surface area contributed by atoms with Gasteiger partial charge in [0.2, 0.25) is 0 Å². The minimum atomic E-state index is 0.564. The summed E-state index contributed by atoms with van der Waals surface area (Å²) in [5.74, 6) is 0. The number of piperidine rings is 1. The third-order valence-electron chi connectivity index (χ3n) is 2.98. The van der Waals surface area contributed by atoms with E-state index in [-0.39, 0.29) is 0 Å². The molecule has 1 atom stereocenters. The number of likely N-dealkylation sites (tertiary alicyclic amines) is 1. The number of nitrogens with one attached hydrogen (secondary N) is 1. The van der Waals surface area contributed by atoms with E-state index in [1.807, 2.05) is 7.05 Å². The molecule has 1 aliphatic heterocycles. The predicted octanol–water partition coefficient (Wildman–Crippen LogP) is 2.02. The summed E-state index contributed by atoms with van der Waals surface area (Å²) in [5.41, 5.74) is 1.18. The molecule has 0 aliphatic carbocycles. The molecule has 0 spiro atoms. The molecule has 2 heterocycles. The van der Waals surface area contributed by atoms with E-state index in [2.05, 4.69) is 27.6 Å². The Hall–Kier alpha value is -0.450. The van der Waals surface area contributed by atoms with Gasteiger partial charge in [0, 0.05) is 11.9 Å². The number of hydrogen-bond donors (Lipinski definition) is 1. The van der Waals surface area contributed by atoms with Gasteiger partial charge in [-0.1, -0.05) is 6.42 Å². The summed E-state index contributed by atoms with van der Waals surface area (Å²) < 4.78 is 0. The molecule has 15 heavy (non-hydrogen) atoms. The van der Waals surface area contributed by atoms with Gasteiger partial charge in [-0.25, -0.2) is 4.98 Å². The van der Waals surface area contributed by atoms with Crippen molar-refractivity contribution in [1.29, 1.82) is 0 Å². The fourth-order valence-corrected chi connectivity index (χ4v) is 3.14. The molecule has 1 fully saturated rings. The van der Waals surface area contributed by atoms with Crippen molar-refractivity contribution in [2.24, 2.45) is 0 Å². The largest absolute Gasteiger partial charge is 0.314 e. The molecule has 0 bridgehead atoms. The van der Waals surface area contributed by atoms with E-state index in [4.69, 9.17) is 0 Å². The molecule has 1 N–H and O–H groups in total. The van der Waals surface area contributed by atoms with Crippen molar-refractivity contribution in [2.75, 3.05) is 20.6 Å². The monoisotopic (exact) mass is 225 g/mol. The number of aromatic nitrogens is 1. The zero-order valence-electron chi connectivity index (χ0n) is 9.49. The summed E-state index contributed by atoms with van der Waals surface area (Å²) in [6.07, 6.45) is 3.95. The van der Waals surface area contributed by atoms with Crippen LogP contribution < -0.4 is 5.32 Å². The summed E-state index contributed by atoms with van der Waals surface area (Å²) in [7, 11) is 4.18. The second kappa shape index (κ2) is 5.05. The molecule has 1 unspecified atom stereocenters. The Kier molecular flexibility index (Phi) is 3.72. The summed E-state index contributed by atoms with van der Waals surface area (Å²) in [4.78, 5) is 7.12. The lowest BCUT2D eigenvalue weighted by atomic mass is 10.0. The van der Waals surface area contributed by atoms with Crippen LogP contribution in [-0.2, 0) is 6.54 Å². The fourth-order valence-electron chi connectivity index (χ4n) is 2.13. The van der Waals surface area contributed by atoms with Crippen molar-refractivity contribution in [3.05, 3.63) is 16.1 Å². The molecule has 1 saturated heterocycles. The zero-order valence-corrected chi connectivity index (χ0v) is 10.3. The molecular formula is C11H19N3S. The number of rotatable bonds is 3. The molecule has 1 aromatic rings. The van der Waals surface area contributed by atoms with E-state index in [0.29, 0.717) is 6.04 Å². The Bertz CT molecular complexity index is 311. The smallest absolute Gasteiger partial charge is 0.110 e. The molecule has 0 aromatic carbocycles. The topological polar surface area (TPSA) is 28.2 Å². The maximum absolute atomic E-state index is 4.69. The Labute approximate surface area is 95.5 Å². The van der Waals surface area contributed by atoms with E-state index < -0.39 is 0 Å². The highest BCUT2D eigenvalue weighted by molar-refractivity contribution is 7.09. The van der Waals surface area contributed by atoms with Gasteiger partial charge in [-0.15, -0.1) is 11.3 Å². The van der Waals surface area contributed by atoms with Crippen molar-refractivity contribution >= 4 is 11.3 Å². The minimum absolute atomic E-state index is 0.564. The maximum Gasteiger partial charge on any atom is 0.110 e. The SMILES string of the molecule is CNCc1csc(C2CCCCN2C)n1. The van der Waals surface area contributed by atoms with Gasteiger partial charge < -0.3 is 5.32 Å². The third kappa shape index (κ3) is 2.56. The first-order valence-electron chi connectivity index (χ1n) is 5.60. The van der Waals surface area contributed by atoms with Gasteiger partial charge >= 0.3 is 0 Å². The van der Waals surface area contributed by atoms with E-state index in [1.165, 1.54) is 36.5 Å². The normalized spacial score (nSPS) is 23.2. The second-order valence-electron chi connectivity index (χ2n) is 4.20. The number of nitrogens with zero attached hydrogens (tertiary/aromatic N) is 2. The molecule has 84 valence electrons. The molecular weight excluding hydrogens is 206 g/mol. The van der Waals surface area contributed by atoms with Crippen LogP contribution in [0.3, 0.4) is 0 Å². The molecule has 2 rings (SSSR count). The molecule has 0 amide bonds. The average molecular weight is 225 g/mol. The molecule has 0 radical (unpaired) electrons. The quantitative estimate of drug-likeness (QED) is 0.853. The first kappa shape index (κ1) is 11.0. The highest BCUT2D eigenvalue weighted by Gasteiger charge is 2.23. The van der Waals surface area contributed by atoms with Crippen LogP contribution in [-0.4, -0.2) is 30.5 Å². The van der Waals surface area contributed by atoms with E-state index >= 15 is 0 Å². The maximum atomic E-state index is 4.69. The van der Waals surface area contributed by atoms with Crippen LogP contribution in [0, 0.1) is 0 Å². The third-order valence-corrected chi connectivity index (χ3v) is 3.98. The number of hydrogen-bond acceptors (Lipinski definition) is 4. The summed E-state index contributed by atoms with van der Waals surface area (Å²) in [5, 5.41) is 6.61. The van der Waals surface area contributed by atoms with Crippen molar-refractivity contribution in [2.45, 2.75) is 31.8 Å². The van der Waals surface area contributed by atoms with Crippen LogP contribution in [0.5, 0.6) is 0 Å². The van der Waals surface area contributed by atoms with E-state index in [1.54, 1.807) is 11.3 Å². The molecule has 3 nitrogen and oxygen atoms in total. The minimum Gasteiger partial charge on any atom is -0.314 e. The van der Waals surface area contributed by atoms with Crippen LogP contribution in [0.4, 0.5) is 0 Å².